The molecule has 0 unspecified atom stereocenters. The van der Waals surface area contributed by atoms with Crippen LogP contribution in [0.1, 0.15) is 0 Å². The van der Waals surface area contributed by atoms with Gasteiger partial charge in [0.15, 0.2) is 0 Å². The number of alkyl halides is 1. The second kappa shape index (κ2) is 6.26. The summed E-state index contributed by atoms with van der Waals surface area (Å²) >= 11 is 3.20. The number of halogens is 1. The summed E-state index contributed by atoms with van der Waals surface area (Å²) in [6.07, 6.45) is 1.38. The molecule has 0 radical (unpaired) electrons. The summed E-state index contributed by atoms with van der Waals surface area (Å²) in [7, 11) is 0. The molecular formula is C6H11BrO2. The zero-order chi connectivity index (χ0) is 7.11. The fourth-order valence-corrected chi connectivity index (χ4v) is 0.578. The predicted molar refractivity (Wildman–Crippen MR) is 40.8 cm³/mol. The number of aliphatic hydroxyl groups excluding tert-OH is 1. The molecule has 0 rings (SSSR count). The second-order valence-electron chi connectivity index (χ2n) is 1.52. The van der Waals surface area contributed by atoms with Crippen LogP contribution in [0.2, 0.25) is 0 Å². The van der Waals surface area contributed by atoms with Crippen molar-refractivity contribution in [2.75, 3.05) is 18.5 Å². The highest BCUT2D eigenvalue weighted by Crippen LogP contribution is 1.92. The van der Waals surface area contributed by atoms with E-state index in [1.54, 1.807) is 6.08 Å². The molecule has 2 nitrogen and oxygen atoms in total. The molecule has 0 aromatic rings. The molecule has 0 aliphatic rings. The maximum atomic E-state index is 8.54. The van der Waals surface area contributed by atoms with Gasteiger partial charge in [0.25, 0.3) is 0 Å². The van der Waals surface area contributed by atoms with Gasteiger partial charge in [-0.3, -0.25) is 0 Å². The van der Waals surface area contributed by atoms with Gasteiger partial charge in [0.1, 0.15) is 0 Å². The van der Waals surface area contributed by atoms with E-state index >= 15 is 0 Å². The van der Waals surface area contributed by atoms with Gasteiger partial charge in [0, 0.05) is 5.33 Å². The van der Waals surface area contributed by atoms with Crippen molar-refractivity contribution in [2.24, 2.45) is 0 Å². The summed E-state index contributed by atoms with van der Waals surface area (Å²) in [5, 5.41) is 9.33. The van der Waals surface area contributed by atoms with Crippen molar-refractivity contribution in [1.82, 2.24) is 0 Å². The lowest BCUT2D eigenvalue weighted by atomic mass is 10.4. The summed E-state index contributed by atoms with van der Waals surface area (Å²) in [6, 6.07) is 0. The van der Waals surface area contributed by atoms with E-state index < -0.39 is 0 Å². The first-order chi connectivity index (χ1) is 4.35. The highest BCUT2D eigenvalue weighted by atomic mass is 79.9. The van der Waals surface area contributed by atoms with Crippen LogP contribution >= 0.6 is 15.9 Å². The van der Waals surface area contributed by atoms with Crippen LogP contribution in [-0.4, -0.2) is 29.8 Å². The number of ether oxygens (including phenoxy) is 1. The largest absolute Gasteiger partial charge is 0.393 e. The summed E-state index contributed by atoms with van der Waals surface area (Å²) in [5.74, 6) is 0. The van der Waals surface area contributed by atoms with E-state index in [1.807, 2.05) is 0 Å². The first-order valence-corrected chi connectivity index (χ1v) is 3.88. The van der Waals surface area contributed by atoms with Gasteiger partial charge in [-0.2, -0.15) is 0 Å². The molecule has 0 spiro atoms. The van der Waals surface area contributed by atoms with Gasteiger partial charge in [0.05, 0.1) is 19.3 Å². The van der Waals surface area contributed by atoms with Crippen molar-refractivity contribution in [2.45, 2.75) is 6.10 Å². The lowest BCUT2D eigenvalue weighted by Crippen LogP contribution is -2.15. The van der Waals surface area contributed by atoms with E-state index in [0.29, 0.717) is 6.61 Å². The van der Waals surface area contributed by atoms with Gasteiger partial charge < -0.3 is 9.84 Å². The van der Waals surface area contributed by atoms with Gasteiger partial charge in [-0.05, 0) is 0 Å². The van der Waals surface area contributed by atoms with Crippen molar-refractivity contribution in [3.8, 4) is 0 Å². The Hall–Kier alpha value is 0.140. The highest BCUT2D eigenvalue weighted by Gasteiger charge is 1.98. The normalized spacial score (nSPS) is 13.1. The minimum Gasteiger partial charge on any atom is -0.393 e. The van der Waals surface area contributed by atoms with Crippen molar-refractivity contribution < 1.29 is 9.84 Å². The van der Waals surface area contributed by atoms with E-state index in [2.05, 4.69) is 22.5 Å². The average molecular weight is 195 g/mol. The maximum Gasteiger partial charge on any atom is 0.0984 e. The number of rotatable bonds is 5. The Labute approximate surface area is 63.6 Å². The van der Waals surface area contributed by atoms with Crippen LogP contribution in [0.4, 0.5) is 0 Å². The molecule has 1 N–H and O–H groups in total. The van der Waals surface area contributed by atoms with Crippen molar-refractivity contribution in [3.05, 3.63) is 12.7 Å². The smallest absolute Gasteiger partial charge is 0.0984 e. The van der Waals surface area contributed by atoms with Crippen molar-refractivity contribution in [1.29, 1.82) is 0 Å². The Kier molecular flexibility index (Phi) is 6.36. The SMILES string of the molecule is C=C[C@H](CO)OCCBr. The molecule has 9 heavy (non-hydrogen) atoms. The Morgan fingerprint density at radius 2 is 2.44 bits per heavy atom. The molecule has 0 saturated heterocycles. The third-order valence-corrected chi connectivity index (χ3v) is 1.18. The van der Waals surface area contributed by atoms with Crippen LogP contribution < -0.4 is 0 Å². The quantitative estimate of drug-likeness (QED) is 0.522. The van der Waals surface area contributed by atoms with Gasteiger partial charge in [-0.25, -0.2) is 0 Å². The third kappa shape index (κ3) is 4.63. The monoisotopic (exact) mass is 194 g/mol. The Bertz CT molecular complexity index is 75.5. The second-order valence-corrected chi connectivity index (χ2v) is 2.31. The van der Waals surface area contributed by atoms with Gasteiger partial charge in [-0.15, -0.1) is 6.58 Å². The Morgan fingerprint density at radius 1 is 1.78 bits per heavy atom. The Morgan fingerprint density at radius 3 is 2.78 bits per heavy atom. The van der Waals surface area contributed by atoms with Crippen LogP contribution in [0.3, 0.4) is 0 Å². The summed E-state index contributed by atoms with van der Waals surface area (Å²) < 4.78 is 5.07. The van der Waals surface area contributed by atoms with E-state index in [-0.39, 0.29) is 12.7 Å². The van der Waals surface area contributed by atoms with Crippen LogP contribution in [0.25, 0.3) is 0 Å². The lowest BCUT2D eigenvalue weighted by molar-refractivity contribution is 0.0530. The van der Waals surface area contributed by atoms with Gasteiger partial charge >= 0.3 is 0 Å². The number of aliphatic hydroxyl groups is 1. The molecule has 0 aliphatic carbocycles. The van der Waals surface area contributed by atoms with E-state index in [4.69, 9.17) is 9.84 Å². The summed E-state index contributed by atoms with van der Waals surface area (Å²) in [5.41, 5.74) is 0. The van der Waals surface area contributed by atoms with Crippen LogP contribution in [0.15, 0.2) is 12.7 Å². The molecule has 1 atom stereocenters. The number of hydrogen-bond acceptors (Lipinski definition) is 2. The van der Waals surface area contributed by atoms with Gasteiger partial charge in [-0.1, -0.05) is 22.0 Å². The molecule has 0 saturated carbocycles. The summed E-state index contributed by atoms with van der Waals surface area (Å²) in [4.78, 5) is 0. The lowest BCUT2D eigenvalue weighted by Gasteiger charge is -2.07. The Balaban J connectivity index is 3.20. The van der Waals surface area contributed by atoms with Crippen molar-refractivity contribution in [3.63, 3.8) is 0 Å². The molecule has 0 fully saturated rings. The topological polar surface area (TPSA) is 29.5 Å². The fraction of sp³-hybridized carbons (Fsp3) is 0.667. The first kappa shape index (κ1) is 9.14. The molecule has 0 aromatic carbocycles. The minimum absolute atomic E-state index is 0.0104. The zero-order valence-corrected chi connectivity index (χ0v) is 6.80. The fourth-order valence-electron chi connectivity index (χ4n) is 0.391. The number of hydrogen-bond donors (Lipinski definition) is 1. The molecule has 0 bridgehead atoms. The van der Waals surface area contributed by atoms with Gasteiger partial charge in [0.2, 0.25) is 0 Å². The molecule has 0 aliphatic heterocycles. The predicted octanol–water partition coefficient (Wildman–Crippen LogP) is 0.945. The van der Waals surface area contributed by atoms with Crippen LogP contribution in [0.5, 0.6) is 0 Å². The standard InChI is InChI=1S/C6H11BrO2/c1-2-6(5-8)9-4-3-7/h2,6,8H,1,3-5H2/t6-/m1/s1. The molecule has 0 aromatic heterocycles. The average Bonchev–Trinajstić information content (AvgIpc) is 1.91. The van der Waals surface area contributed by atoms with E-state index in [9.17, 15) is 0 Å². The molecule has 54 valence electrons. The molecule has 0 heterocycles. The highest BCUT2D eigenvalue weighted by molar-refractivity contribution is 9.09. The zero-order valence-electron chi connectivity index (χ0n) is 5.22. The molecule has 0 amide bonds. The van der Waals surface area contributed by atoms with E-state index in [0.717, 1.165) is 5.33 Å². The maximum absolute atomic E-state index is 8.54. The first-order valence-electron chi connectivity index (χ1n) is 2.76. The summed E-state index contributed by atoms with van der Waals surface area (Å²) in [6.45, 7) is 4.10. The van der Waals surface area contributed by atoms with Crippen LogP contribution in [0, 0.1) is 0 Å². The third-order valence-electron chi connectivity index (χ3n) is 0.852. The minimum atomic E-state index is -0.206. The van der Waals surface area contributed by atoms with Crippen LogP contribution in [-0.2, 0) is 4.74 Å². The van der Waals surface area contributed by atoms with E-state index in [1.165, 1.54) is 0 Å². The molecular weight excluding hydrogens is 184 g/mol. The molecule has 3 heteroatoms. The van der Waals surface area contributed by atoms with Crippen molar-refractivity contribution >= 4 is 15.9 Å².